The van der Waals surface area contributed by atoms with Crippen LogP contribution in [0.1, 0.15) is 33.6 Å². The molecule has 0 aliphatic rings. The number of hydrogen-bond donors (Lipinski definition) is 1. The highest BCUT2D eigenvalue weighted by Crippen LogP contribution is 2.21. The minimum Gasteiger partial charge on any atom is -0.383 e. The van der Waals surface area contributed by atoms with Crippen molar-refractivity contribution in [1.82, 2.24) is 0 Å². The van der Waals surface area contributed by atoms with Crippen molar-refractivity contribution >= 4 is 0 Å². The molecule has 1 atom stereocenters. The molecule has 0 spiro atoms. The molecular formula is C9H21NO. The van der Waals surface area contributed by atoms with Gasteiger partial charge in [0.15, 0.2) is 0 Å². The Kier molecular flexibility index (Phi) is 4.69. The third kappa shape index (κ3) is 3.21. The molecule has 0 aliphatic carbocycles. The Labute approximate surface area is 70.1 Å². The van der Waals surface area contributed by atoms with Crippen molar-refractivity contribution < 1.29 is 4.74 Å². The average molecular weight is 159 g/mol. The Morgan fingerprint density at radius 1 is 1.36 bits per heavy atom. The van der Waals surface area contributed by atoms with Gasteiger partial charge in [-0.2, -0.15) is 0 Å². The van der Waals surface area contributed by atoms with E-state index >= 15 is 0 Å². The summed E-state index contributed by atoms with van der Waals surface area (Å²) in [6.45, 7) is 7.07. The highest BCUT2D eigenvalue weighted by molar-refractivity contribution is 4.85. The zero-order chi connectivity index (χ0) is 8.91. The zero-order valence-electron chi connectivity index (χ0n) is 8.18. The van der Waals surface area contributed by atoms with Crippen molar-refractivity contribution in [2.75, 3.05) is 13.7 Å². The summed E-state index contributed by atoms with van der Waals surface area (Å²) in [5.74, 6) is 0.572. The summed E-state index contributed by atoms with van der Waals surface area (Å²) in [5, 5.41) is 0. The van der Waals surface area contributed by atoms with Crippen LogP contribution in [0.5, 0.6) is 0 Å². The molecule has 0 aromatic carbocycles. The third-order valence-corrected chi connectivity index (χ3v) is 2.37. The van der Waals surface area contributed by atoms with E-state index in [4.69, 9.17) is 10.5 Å². The molecule has 0 bridgehead atoms. The Bertz CT molecular complexity index is 97.7. The first-order valence-corrected chi connectivity index (χ1v) is 4.36. The van der Waals surface area contributed by atoms with Crippen LogP contribution in [0.25, 0.3) is 0 Å². The molecule has 0 saturated heterocycles. The largest absolute Gasteiger partial charge is 0.383 e. The van der Waals surface area contributed by atoms with E-state index in [9.17, 15) is 0 Å². The first-order valence-electron chi connectivity index (χ1n) is 4.36. The van der Waals surface area contributed by atoms with Gasteiger partial charge in [0, 0.05) is 12.6 Å². The topological polar surface area (TPSA) is 35.2 Å². The lowest BCUT2D eigenvalue weighted by atomic mass is 9.83. The van der Waals surface area contributed by atoms with Crippen LogP contribution in [0.2, 0.25) is 0 Å². The van der Waals surface area contributed by atoms with Gasteiger partial charge >= 0.3 is 0 Å². The maximum absolute atomic E-state index is 6.07. The summed E-state index contributed by atoms with van der Waals surface area (Å²) >= 11 is 0. The van der Waals surface area contributed by atoms with Crippen molar-refractivity contribution in [3.05, 3.63) is 0 Å². The molecule has 0 rings (SSSR count). The molecular weight excluding hydrogens is 138 g/mol. The first-order chi connectivity index (χ1) is 5.08. The monoisotopic (exact) mass is 159 g/mol. The third-order valence-electron chi connectivity index (χ3n) is 2.37. The van der Waals surface area contributed by atoms with Crippen molar-refractivity contribution in [1.29, 1.82) is 0 Å². The van der Waals surface area contributed by atoms with E-state index in [2.05, 4.69) is 20.8 Å². The summed E-state index contributed by atoms with van der Waals surface area (Å²) in [7, 11) is 1.70. The maximum Gasteiger partial charge on any atom is 0.0642 e. The van der Waals surface area contributed by atoms with Crippen LogP contribution in [0.3, 0.4) is 0 Å². The van der Waals surface area contributed by atoms with Gasteiger partial charge in [0.2, 0.25) is 0 Å². The highest BCUT2D eigenvalue weighted by Gasteiger charge is 2.26. The number of ether oxygens (including phenoxy) is 1. The van der Waals surface area contributed by atoms with E-state index in [1.807, 2.05) is 0 Å². The molecule has 0 fully saturated rings. The van der Waals surface area contributed by atoms with E-state index in [0.717, 1.165) is 12.8 Å². The second-order valence-electron chi connectivity index (χ2n) is 3.45. The Hall–Kier alpha value is -0.0800. The molecule has 0 saturated carbocycles. The number of methoxy groups -OCH3 is 1. The van der Waals surface area contributed by atoms with Gasteiger partial charge in [0.05, 0.1) is 6.61 Å². The molecule has 0 heterocycles. The second kappa shape index (κ2) is 4.73. The van der Waals surface area contributed by atoms with E-state index in [1.165, 1.54) is 0 Å². The molecule has 11 heavy (non-hydrogen) atoms. The first kappa shape index (κ1) is 10.9. The number of hydrogen-bond acceptors (Lipinski definition) is 2. The van der Waals surface area contributed by atoms with Crippen LogP contribution in [0, 0.1) is 5.92 Å². The van der Waals surface area contributed by atoms with Crippen LogP contribution in [-0.4, -0.2) is 19.3 Å². The molecule has 68 valence electrons. The van der Waals surface area contributed by atoms with Crippen molar-refractivity contribution in [2.24, 2.45) is 11.7 Å². The molecule has 2 nitrogen and oxygen atoms in total. The minimum absolute atomic E-state index is 0.155. The molecule has 2 heteroatoms. The fraction of sp³-hybridized carbons (Fsp3) is 1.00. The Balaban J connectivity index is 4.00. The van der Waals surface area contributed by atoms with Gasteiger partial charge in [-0.25, -0.2) is 0 Å². The fourth-order valence-corrected chi connectivity index (χ4v) is 1.65. The smallest absolute Gasteiger partial charge is 0.0642 e. The molecule has 0 amide bonds. The van der Waals surface area contributed by atoms with Crippen LogP contribution in [0.4, 0.5) is 0 Å². The standard InChI is InChI=1S/C9H21NO/c1-5-8(6-2)9(3,10)7-11-4/h8H,5-7,10H2,1-4H3. The lowest BCUT2D eigenvalue weighted by Gasteiger charge is -2.32. The van der Waals surface area contributed by atoms with E-state index in [1.54, 1.807) is 7.11 Å². The summed E-state index contributed by atoms with van der Waals surface area (Å²) in [4.78, 5) is 0. The predicted octanol–water partition coefficient (Wildman–Crippen LogP) is 1.79. The summed E-state index contributed by atoms with van der Waals surface area (Å²) in [6.07, 6.45) is 2.26. The fourth-order valence-electron chi connectivity index (χ4n) is 1.65. The Morgan fingerprint density at radius 2 is 1.82 bits per heavy atom. The summed E-state index contributed by atoms with van der Waals surface area (Å²) in [6, 6.07) is 0. The summed E-state index contributed by atoms with van der Waals surface area (Å²) in [5.41, 5.74) is 5.91. The maximum atomic E-state index is 6.07. The quantitative estimate of drug-likeness (QED) is 0.663. The van der Waals surface area contributed by atoms with Gasteiger partial charge < -0.3 is 10.5 Å². The van der Waals surface area contributed by atoms with Gasteiger partial charge in [-0.3, -0.25) is 0 Å². The van der Waals surface area contributed by atoms with Crippen LogP contribution >= 0.6 is 0 Å². The van der Waals surface area contributed by atoms with Crippen LogP contribution in [0.15, 0.2) is 0 Å². The molecule has 0 aliphatic heterocycles. The minimum atomic E-state index is -0.155. The van der Waals surface area contributed by atoms with Crippen molar-refractivity contribution in [3.63, 3.8) is 0 Å². The molecule has 2 N–H and O–H groups in total. The summed E-state index contributed by atoms with van der Waals surface area (Å²) < 4.78 is 5.07. The van der Waals surface area contributed by atoms with E-state index in [0.29, 0.717) is 12.5 Å². The molecule has 0 aromatic rings. The molecule has 0 radical (unpaired) electrons. The SMILES string of the molecule is CCC(CC)C(C)(N)COC. The predicted molar refractivity (Wildman–Crippen MR) is 48.5 cm³/mol. The van der Waals surface area contributed by atoms with Gasteiger partial charge in [-0.05, 0) is 12.8 Å². The van der Waals surface area contributed by atoms with Crippen LogP contribution in [-0.2, 0) is 4.74 Å². The number of nitrogens with two attached hydrogens (primary N) is 1. The molecule has 0 aromatic heterocycles. The molecule has 1 unspecified atom stereocenters. The number of rotatable bonds is 5. The van der Waals surface area contributed by atoms with Gasteiger partial charge in [-0.15, -0.1) is 0 Å². The second-order valence-corrected chi connectivity index (χ2v) is 3.45. The van der Waals surface area contributed by atoms with Gasteiger partial charge in [-0.1, -0.05) is 26.7 Å². The van der Waals surface area contributed by atoms with E-state index < -0.39 is 0 Å². The van der Waals surface area contributed by atoms with E-state index in [-0.39, 0.29) is 5.54 Å². The highest BCUT2D eigenvalue weighted by atomic mass is 16.5. The van der Waals surface area contributed by atoms with Crippen LogP contribution < -0.4 is 5.73 Å². The average Bonchev–Trinajstić information content (AvgIpc) is 1.89. The lowest BCUT2D eigenvalue weighted by molar-refractivity contribution is 0.102. The lowest BCUT2D eigenvalue weighted by Crippen LogP contribution is -2.47. The van der Waals surface area contributed by atoms with Gasteiger partial charge in [0.1, 0.15) is 0 Å². The normalized spacial score (nSPS) is 16.9. The van der Waals surface area contributed by atoms with Crippen molar-refractivity contribution in [2.45, 2.75) is 39.2 Å². The zero-order valence-corrected chi connectivity index (χ0v) is 8.18. The van der Waals surface area contributed by atoms with Crippen molar-refractivity contribution in [3.8, 4) is 0 Å². The Morgan fingerprint density at radius 3 is 2.09 bits per heavy atom. The van der Waals surface area contributed by atoms with Gasteiger partial charge in [0.25, 0.3) is 0 Å².